The van der Waals surface area contributed by atoms with Crippen molar-refractivity contribution in [1.82, 2.24) is 4.98 Å². The molecule has 4 aromatic rings. The minimum Gasteiger partial charge on any atom is -0.326 e. The third kappa shape index (κ3) is 4.21. The van der Waals surface area contributed by atoms with Gasteiger partial charge in [-0.15, -0.1) is 0 Å². The predicted molar refractivity (Wildman–Crippen MR) is 110 cm³/mol. The van der Waals surface area contributed by atoms with Gasteiger partial charge in [-0.3, -0.25) is 9.78 Å². The molecule has 0 bridgehead atoms. The molecule has 3 heteroatoms. The number of carbonyl (C=O) groups is 1. The molecule has 1 amide bonds. The summed E-state index contributed by atoms with van der Waals surface area (Å²) < 4.78 is 0. The van der Waals surface area contributed by atoms with Crippen LogP contribution in [0.1, 0.15) is 16.7 Å². The first kappa shape index (κ1) is 17.0. The average molecular weight is 352 g/mol. The van der Waals surface area contributed by atoms with Crippen molar-refractivity contribution in [2.45, 2.75) is 12.8 Å². The van der Waals surface area contributed by atoms with Crippen LogP contribution in [-0.2, 0) is 17.6 Å². The zero-order valence-corrected chi connectivity index (χ0v) is 14.9. The fraction of sp³-hybridized carbons (Fsp3) is 0.0833. The van der Waals surface area contributed by atoms with E-state index in [1.165, 1.54) is 11.1 Å². The van der Waals surface area contributed by atoms with Gasteiger partial charge in [0.05, 0.1) is 6.42 Å². The first-order chi connectivity index (χ1) is 13.3. The fourth-order valence-electron chi connectivity index (χ4n) is 3.27. The Hall–Kier alpha value is -3.46. The second kappa shape index (κ2) is 7.83. The molecule has 0 spiro atoms. The van der Waals surface area contributed by atoms with Gasteiger partial charge in [-0.05, 0) is 58.1 Å². The van der Waals surface area contributed by atoms with E-state index in [0.717, 1.165) is 28.4 Å². The average Bonchev–Trinajstić information content (AvgIpc) is 2.71. The third-order valence-electron chi connectivity index (χ3n) is 4.63. The van der Waals surface area contributed by atoms with Crippen molar-refractivity contribution in [2.24, 2.45) is 0 Å². The summed E-state index contributed by atoms with van der Waals surface area (Å²) in [6.45, 7) is 0. The lowest BCUT2D eigenvalue weighted by Crippen LogP contribution is -2.14. The summed E-state index contributed by atoms with van der Waals surface area (Å²) >= 11 is 0. The summed E-state index contributed by atoms with van der Waals surface area (Å²) in [5, 5.41) is 5.28. The van der Waals surface area contributed by atoms with Gasteiger partial charge < -0.3 is 5.32 Å². The van der Waals surface area contributed by atoms with Crippen molar-refractivity contribution in [3.8, 4) is 0 Å². The van der Waals surface area contributed by atoms with Crippen molar-refractivity contribution >= 4 is 22.4 Å². The molecule has 132 valence electrons. The number of hydrogen-bond acceptors (Lipinski definition) is 2. The molecule has 1 aromatic heterocycles. The maximum atomic E-state index is 12.5. The van der Waals surface area contributed by atoms with E-state index in [1.807, 2.05) is 60.7 Å². The Morgan fingerprint density at radius 1 is 0.778 bits per heavy atom. The van der Waals surface area contributed by atoms with E-state index in [4.69, 9.17) is 0 Å². The first-order valence-electron chi connectivity index (χ1n) is 9.02. The molecular weight excluding hydrogens is 332 g/mol. The molecule has 3 aromatic carbocycles. The first-order valence-corrected chi connectivity index (χ1v) is 9.02. The maximum absolute atomic E-state index is 12.5. The minimum absolute atomic E-state index is 0.00626. The zero-order chi connectivity index (χ0) is 18.5. The van der Waals surface area contributed by atoms with Gasteiger partial charge in [-0.25, -0.2) is 0 Å². The quantitative estimate of drug-likeness (QED) is 0.549. The number of benzene rings is 3. The number of rotatable bonds is 5. The second-order valence-electron chi connectivity index (χ2n) is 6.59. The molecule has 1 N–H and O–H groups in total. The van der Waals surface area contributed by atoms with Gasteiger partial charge in [0, 0.05) is 18.1 Å². The van der Waals surface area contributed by atoms with Crippen molar-refractivity contribution in [3.05, 3.63) is 108 Å². The minimum atomic E-state index is -0.00626. The Morgan fingerprint density at radius 2 is 1.48 bits per heavy atom. The number of aromatic nitrogens is 1. The number of anilines is 1. The third-order valence-corrected chi connectivity index (χ3v) is 4.63. The Bertz CT molecular complexity index is 1050. The molecule has 0 unspecified atom stereocenters. The number of pyridine rings is 1. The van der Waals surface area contributed by atoms with Crippen LogP contribution >= 0.6 is 0 Å². The van der Waals surface area contributed by atoms with E-state index in [2.05, 4.69) is 28.5 Å². The summed E-state index contributed by atoms with van der Waals surface area (Å²) in [7, 11) is 0. The van der Waals surface area contributed by atoms with E-state index < -0.39 is 0 Å². The summed E-state index contributed by atoms with van der Waals surface area (Å²) in [6, 6.07) is 26.3. The molecule has 0 fully saturated rings. The molecule has 1 heterocycles. The van der Waals surface area contributed by atoms with Crippen LogP contribution in [0.15, 0.2) is 91.3 Å². The Morgan fingerprint density at radius 3 is 2.30 bits per heavy atom. The highest BCUT2D eigenvalue weighted by Crippen LogP contribution is 2.20. The van der Waals surface area contributed by atoms with Crippen LogP contribution in [0.5, 0.6) is 0 Å². The SMILES string of the molecule is O=C(Cc1cccc2ccccc12)Nc1ccc(Cc2ccncc2)cc1. The van der Waals surface area contributed by atoms with E-state index >= 15 is 0 Å². The highest BCUT2D eigenvalue weighted by atomic mass is 16.1. The summed E-state index contributed by atoms with van der Waals surface area (Å²) in [5.41, 5.74) is 4.28. The van der Waals surface area contributed by atoms with Gasteiger partial charge >= 0.3 is 0 Å². The predicted octanol–water partition coefficient (Wildman–Crippen LogP) is 5.01. The van der Waals surface area contributed by atoms with E-state index in [9.17, 15) is 4.79 Å². The fourth-order valence-corrected chi connectivity index (χ4v) is 3.27. The zero-order valence-electron chi connectivity index (χ0n) is 14.9. The van der Waals surface area contributed by atoms with Crippen LogP contribution in [0.4, 0.5) is 5.69 Å². The highest BCUT2D eigenvalue weighted by molar-refractivity contribution is 5.96. The lowest BCUT2D eigenvalue weighted by atomic mass is 10.0. The van der Waals surface area contributed by atoms with Gasteiger partial charge in [0.2, 0.25) is 5.91 Å². The highest BCUT2D eigenvalue weighted by Gasteiger charge is 2.07. The molecule has 27 heavy (non-hydrogen) atoms. The monoisotopic (exact) mass is 352 g/mol. The number of hydrogen-bond donors (Lipinski definition) is 1. The van der Waals surface area contributed by atoms with Gasteiger partial charge in [0.15, 0.2) is 0 Å². The molecule has 0 saturated heterocycles. The normalized spacial score (nSPS) is 10.7. The largest absolute Gasteiger partial charge is 0.326 e. The van der Waals surface area contributed by atoms with Gasteiger partial charge in [-0.1, -0.05) is 54.6 Å². The Balaban J connectivity index is 1.42. The van der Waals surface area contributed by atoms with E-state index in [0.29, 0.717) is 6.42 Å². The Kier molecular flexibility index (Phi) is 4.93. The molecule has 3 nitrogen and oxygen atoms in total. The van der Waals surface area contributed by atoms with Gasteiger partial charge in [0.25, 0.3) is 0 Å². The second-order valence-corrected chi connectivity index (χ2v) is 6.59. The molecule has 0 aliphatic heterocycles. The summed E-state index contributed by atoms with van der Waals surface area (Å²) in [5.74, 6) is -0.00626. The van der Waals surface area contributed by atoms with Crippen LogP contribution in [0.25, 0.3) is 10.8 Å². The van der Waals surface area contributed by atoms with Gasteiger partial charge in [-0.2, -0.15) is 0 Å². The smallest absolute Gasteiger partial charge is 0.228 e. The molecule has 0 radical (unpaired) electrons. The van der Waals surface area contributed by atoms with Crippen molar-refractivity contribution < 1.29 is 4.79 Å². The number of nitrogens with one attached hydrogen (secondary N) is 1. The van der Waals surface area contributed by atoms with Crippen LogP contribution in [0, 0.1) is 0 Å². The molecule has 0 atom stereocenters. The Labute approximate surface area is 158 Å². The lowest BCUT2D eigenvalue weighted by molar-refractivity contribution is -0.115. The van der Waals surface area contributed by atoms with E-state index in [1.54, 1.807) is 12.4 Å². The van der Waals surface area contributed by atoms with Crippen molar-refractivity contribution in [3.63, 3.8) is 0 Å². The van der Waals surface area contributed by atoms with E-state index in [-0.39, 0.29) is 5.91 Å². The van der Waals surface area contributed by atoms with Crippen LogP contribution in [0.3, 0.4) is 0 Å². The number of fused-ring (bicyclic) bond motifs is 1. The molecule has 0 saturated carbocycles. The van der Waals surface area contributed by atoms with Crippen LogP contribution < -0.4 is 5.32 Å². The number of amides is 1. The van der Waals surface area contributed by atoms with Crippen molar-refractivity contribution in [1.29, 1.82) is 0 Å². The van der Waals surface area contributed by atoms with Crippen molar-refractivity contribution in [2.75, 3.05) is 5.32 Å². The molecule has 0 aliphatic rings. The maximum Gasteiger partial charge on any atom is 0.228 e. The van der Waals surface area contributed by atoms with Crippen LogP contribution in [0.2, 0.25) is 0 Å². The summed E-state index contributed by atoms with van der Waals surface area (Å²) in [4.78, 5) is 16.5. The molecule has 0 aliphatic carbocycles. The number of carbonyl (C=O) groups excluding carboxylic acids is 1. The number of nitrogens with zero attached hydrogens (tertiary/aromatic N) is 1. The lowest BCUT2D eigenvalue weighted by Gasteiger charge is -2.09. The topological polar surface area (TPSA) is 42.0 Å². The molecule has 4 rings (SSSR count). The van der Waals surface area contributed by atoms with Gasteiger partial charge in [0.1, 0.15) is 0 Å². The van der Waals surface area contributed by atoms with Crippen LogP contribution in [-0.4, -0.2) is 10.9 Å². The standard InChI is InChI=1S/C24H20N2O/c27-24(17-21-6-3-5-20-4-1-2-7-23(20)21)26-22-10-8-18(9-11-22)16-19-12-14-25-15-13-19/h1-15H,16-17H2,(H,26,27). The molecular formula is C24H20N2O. The summed E-state index contributed by atoms with van der Waals surface area (Å²) in [6.07, 6.45) is 4.82.